The van der Waals surface area contributed by atoms with E-state index < -0.39 is 12.1 Å². The summed E-state index contributed by atoms with van der Waals surface area (Å²) in [6.07, 6.45) is 93.7. The average Bonchev–Trinajstić information content (AvgIpc) is 3.49. The molecule has 0 spiro atoms. The zero-order chi connectivity index (χ0) is 59.9. The molecule has 3 N–H and O–H groups in total. The largest absolute Gasteiger partial charge is 0.466 e. The first-order chi connectivity index (χ1) is 41.0. The van der Waals surface area contributed by atoms with Crippen LogP contribution in [0.4, 0.5) is 0 Å². The number of carbonyl (C=O) groups excluding carboxylic acids is 2. The van der Waals surface area contributed by atoms with Crippen molar-refractivity contribution in [1.29, 1.82) is 0 Å². The van der Waals surface area contributed by atoms with Crippen LogP contribution in [0.1, 0.15) is 418 Å². The normalized spacial score (nSPS) is 12.7. The Kier molecular flexibility index (Phi) is 70.9. The van der Waals surface area contributed by atoms with Gasteiger partial charge in [0.1, 0.15) is 0 Å². The minimum absolute atomic E-state index is 0.00520. The third kappa shape index (κ3) is 69.1. The van der Waals surface area contributed by atoms with Gasteiger partial charge >= 0.3 is 5.97 Å². The van der Waals surface area contributed by atoms with Gasteiger partial charge in [0, 0.05) is 12.8 Å². The second kappa shape index (κ2) is 72.6. The quantitative estimate of drug-likeness (QED) is 0.0320. The van der Waals surface area contributed by atoms with Crippen LogP contribution in [0, 0.1) is 0 Å². The molecule has 2 unspecified atom stereocenters. The molecular weight excluding hydrogens is 1020 g/mol. The van der Waals surface area contributed by atoms with Crippen LogP contribution in [0.5, 0.6) is 0 Å². The van der Waals surface area contributed by atoms with E-state index in [2.05, 4.69) is 55.6 Å². The molecule has 0 radical (unpaired) electrons. The second-order valence-corrected chi connectivity index (χ2v) is 26.0. The van der Waals surface area contributed by atoms with E-state index in [1.54, 1.807) is 0 Å². The van der Waals surface area contributed by atoms with Crippen LogP contribution in [0.2, 0.25) is 0 Å². The molecule has 83 heavy (non-hydrogen) atoms. The first-order valence-corrected chi connectivity index (χ1v) is 37.7. The fourth-order valence-corrected chi connectivity index (χ4v) is 11.9. The van der Waals surface area contributed by atoms with Gasteiger partial charge in [-0.3, -0.25) is 9.59 Å². The monoisotopic (exact) mass is 1170 g/mol. The van der Waals surface area contributed by atoms with Crippen molar-refractivity contribution in [2.45, 2.75) is 431 Å². The molecular formula is C77H147NO5. The third-order valence-electron chi connectivity index (χ3n) is 17.6. The van der Waals surface area contributed by atoms with Gasteiger partial charge in [-0.2, -0.15) is 0 Å². The lowest BCUT2D eigenvalue weighted by atomic mass is 10.0. The lowest BCUT2D eigenvalue weighted by Gasteiger charge is -2.22. The highest BCUT2D eigenvalue weighted by Gasteiger charge is 2.20. The molecule has 0 saturated heterocycles. The van der Waals surface area contributed by atoms with Crippen molar-refractivity contribution in [2.75, 3.05) is 13.2 Å². The molecule has 0 heterocycles. The fourth-order valence-electron chi connectivity index (χ4n) is 11.9. The second-order valence-electron chi connectivity index (χ2n) is 26.0. The summed E-state index contributed by atoms with van der Waals surface area (Å²) < 4.78 is 5.48. The van der Waals surface area contributed by atoms with E-state index in [1.165, 1.54) is 334 Å². The van der Waals surface area contributed by atoms with Gasteiger partial charge in [0.05, 0.1) is 25.4 Å². The highest BCUT2D eigenvalue weighted by Crippen LogP contribution is 2.19. The number of unbranched alkanes of at least 4 members (excludes halogenated alkanes) is 54. The molecule has 0 saturated carbocycles. The van der Waals surface area contributed by atoms with E-state index in [-0.39, 0.29) is 18.5 Å². The fraction of sp³-hybridized carbons (Fsp3) is 0.896. The molecule has 490 valence electrons. The summed E-state index contributed by atoms with van der Waals surface area (Å²) in [7, 11) is 0. The first-order valence-electron chi connectivity index (χ1n) is 37.7. The Morgan fingerprint density at radius 3 is 0.976 bits per heavy atom. The molecule has 0 aromatic carbocycles. The zero-order valence-corrected chi connectivity index (χ0v) is 56.2. The van der Waals surface area contributed by atoms with Crippen molar-refractivity contribution in [2.24, 2.45) is 0 Å². The SMILES string of the molecule is CCC/C=C\C/C=C\CCCCCCCC(=O)OCCCCCCCCCCCCCCCC/C=C\CCCCCCCCCCCCCCCCCCCC(=O)NC(CO)C(O)CCCCCCCCCCCCCCCCCCCC. The van der Waals surface area contributed by atoms with Crippen LogP contribution >= 0.6 is 0 Å². The molecule has 0 bridgehead atoms. The molecule has 0 fully saturated rings. The van der Waals surface area contributed by atoms with Crippen molar-refractivity contribution in [3.05, 3.63) is 36.5 Å². The summed E-state index contributed by atoms with van der Waals surface area (Å²) in [5.41, 5.74) is 0. The molecule has 0 aromatic heterocycles. The smallest absolute Gasteiger partial charge is 0.305 e. The predicted molar refractivity (Wildman–Crippen MR) is 366 cm³/mol. The van der Waals surface area contributed by atoms with Gasteiger partial charge < -0.3 is 20.3 Å². The van der Waals surface area contributed by atoms with Crippen molar-refractivity contribution in [3.63, 3.8) is 0 Å². The van der Waals surface area contributed by atoms with Crippen LogP contribution in [-0.4, -0.2) is 47.4 Å². The molecule has 0 aliphatic heterocycles. The van der Waals surface area contributed by atoms with Crippen LogP contribution < -0.4 is 5.32 Å². The number of esters is 1. The standard InChI is InChI=1S/C77H147NO5/c1-3-5-7-9-11-13-15-17-18-19-39-42-46-49-53-57-61-65-69-75(80)74(73-79)78-76(81)70-66-62-58-54-50-47-43-40-37-35-33-31-29-27-25-23-21-20-22-24-26-28-30-32-34-36-38-41-44-48-52-56-60-64-68-72-83-77(82)71-67-63-59-55-51-45-16-14-12-10-8-6-4-2/h8,10,14,16,22,24,74-75,79-80H,3-7,9,11-13,15,17-21,23,25-73H2,1-2H3,(H,78,81)/b10-8-,16-14-,24-22-. The molecule has 1 amide bonds. The number of allylic oxidation sites excluding steroid dienone is 6. The molecule has 6 heteroatoms. The Hall–Kier alpha value is -1.92. The Morgan fingerprint density at radius 1 is 0.337 bits per heavy atom. The maximum absolute atomic E-state index is 12.5. The topological polar surface area (TPSA) is 95.9 Å². The molecule has 0 aliphatic rings. The Bertz CT molecular complexity index is 1340. The van der Waals surface area contributed by atoms with E-state index >= 15 is 0 Å². The highest BCUT2D eigenvalue weighted by molar-refractivity contribution is 5.76. The van der Waals surface area contributed by atoms with Gasteiger partial charge in [-0.25, -0.2) is 0 Å². The number of nitrogens with one attached hydrogen (secondary N) is 1. The highest BCUT2D eigenvalue weighted by atomic mass is 16.5. The van der Waals surface area contributed by atoms with E-state index in [4.69, 9.17) is 4.74 Å². The van der Waals surface area contributed by atoms with Gasteiger partial charge in [0.25, 0.3) is 0 Å². The number of carbonyl (C=O) groups is 2. The summed E-state index contributed by atoms with van der Waals surface area (Å²) >= 11 is 0. The van der Waals surface area contributed by atoms with E-state index in [1.807, 2.05) is 0 Å². The first kappa shape index (κ1) is 81.1. The zero-order valence-electron chi connectivity index (χ0n) is 56.2. The maximum atomic E-state index is 12.5. The molecule has 2 atom stereocenters. The lowest BCUT2D eigenvalue weighted by molar-refractivity contribution is -0.143. The average molecular weight is 1170 g/mol. The number of hydrogen-bond acceptors (Lipinski definition) is 5. The van der Waals surface area contributed by atoms with Gasteiger partial charge in [-0.05, 0) is 77.0 Å². The molecule has 0 aliphatic carbocycles. The number of amides is 1. The number of ether oxygens (including phenoxy) is 1. The summed E-state index contributed by atoms with van der Waals surface area (Å²) in [6, 6.07) is -0.539. The van der Waals surface area contributed by atoms with Crippen molar-refractivity contribution < 1.29 is 24.5 Å². The number of aliphatic hydroxyl groups is 2. The number of aliphatic hydroxyl groups excluding tert-OH is 2. The number of rotatable bonds is 71. The third-order valence-corrected chi connectivity index (χ3v) is 17.6. The van der Waals surface area contributed by atoms with E-state index in [0.29, 0.717) is 25.9 Å². The van der Waals surface area contributed by atoms with Gasteiger partial charge in [-0.15, -0.1) is 0 Å². The minimum Gasteiger partial charge on any atom is -0.466 e. The van der Waals surface area contributed by atoms with Crippen LogP contribution in [0.25, 0.3) is 0 Å². The van der Waals surface area contributed by atoms with E-state index in [9.17, 15) is 19.8 Å². The maximum Gasteiger partial charge on any atom is 0.305 e. The van der Waals surface area contributed by atoms with Crippen LogP contribution in [0.3, 0.4) is 0 Å². The van der Waals surface area contributed by atoms with E-state index in [0.717, 1.165) is 51.4 Å². The Morgan fingerprint density at radius 2 is 0.627 bits per heavy atom. The van der Waals surface area contributed by atoms with Gasteiger partial charge in [-0.1, -0.05) is 365 Å². The Balaban J connectivity index is 3.34. The van der Waals surface area contributed by atoms with Crippen LogP contribution in [0.15, 0.2) is 36.5 Å². The summed E-state index contributed by atoms with van der Waals surface area (Å²) in [4.78, 5) is 24.6. The summed E-state index contributed by atoms with van der Waals surface area (Å²) in [5, 5.41) is 23.4. The van der Waals surface area contributed by atoms with Gasteiger partial charge in [0.15, 0.2) is 0 Å². The summed E-state index contributed by atoms with van der Waals surface area (Å²) in [5.74, 6) is -0.0222. The molecule has 0 rings (SSSR count). The minimum atomic E-state index is -0.662. The van der Waals surface area contributed by atoms with Crippen molar-refractivity contribution in [1.82, 2.24) is 5.32 Å². The molecule has 6 nitrogen and oxygen atoms in total. The van der Waals surface area contributed by atoms with Crippen molar-refractivity contribution >= 4 is 11.9 Å². The lowest BCUT2D eigenvalue weighted by Crippen LogP contribution is -2.45. The Labute approximate surface area is 519 Å². The van der Waals surface area contributed by atoms with Crippen LogP contribution in [-0.2, 0) is 14.3 Å². The molecule has 0 aromatic rings. The predicted octanol–water partition coefficient (Wildman–Crippen LogP) is 24.7. The van der Waals surface area contributed by atoms with Gasteiger partial charge in [0.2, 0.25) is 5.91 Å². The van der Waals surface area contributed by atoms with Crippen molar-refractivity contribution in [3.8, 4) is 0 Å². The summed E-state index contributed by atoms with van der Waals surface area (Å²) in [6.45, 7) is 4.92. The number of hydrogen-bond donors (Lipinski definition) is 3.